The maximum Gasteiger partial charge on any atom is 0.338 e. The van der Waals surface area contributed by atoms with E-state index in [0.717, 1.165) is 29.1 Å². The number of hydrogen-bond donors (Lipinski definition) is 3. The number of rotatable bonds is 7. The van der Waals surface area contributed by atoms with Crippen molar-refractivity contribution in [1.29, 1.82) is 0 Å². The zero-order chi connectivity index (χ0) is 19.8. The highest BCUT2D eigenvalue weighted by molar-refractivity contribution is 7.82. The largest absolute Gasteiger partial charge is 0.366 e. The highest BCUT2D eigenvalue weighted by atomic mass is 32.1. The van der Waals surface area contributed by atoms with Gasteiger partial charge in [-0.25, -0.2) is 9.10 Å². The molecule has 0 radical (unpaired) electrons. The van der Waals surface area contributed by atoms with Crippen molar-refractivity contribution < 1.29 is 14.4 Å². The van der Waals surface area contributed by atoms with Crippen molar-refractivity contribution in [3.05, 3.63) is 65.2 Å². The zero-order valence-corrected chi connectivity index (χ0v) is 16.0. The fraction of sp³-hybridized carbons (Fsp3) is 0.250. The molecule has 0 aliphatic carbocycles. The van der Waals surface area contributed by atoms with Gasteiger partial charge in [-0.1, -0.05) is 44.7 Å². The Bertz CT molecular complexity index is 804. The second kappa shape index (κ2) is 9.78. The maximum absolute atomic E-state index is 12.3. The van der Waals surface area contributed by atoms with E-state index in [9.17, 15) is 14.4 Å². The SMILES string of the molecule is CCCCCc1ccc(C(=O)NC(=O)N(S)c2ccc(C(N)=O)cc2)cc1. The van der Waals surface area contributed by atoms with Gasteiger partial charge in [-0.2, -0.15) is 0 Å². The van der Waals surface area contributed by atoms with Crippen LogP contribution in [-0.4, -0.2) is 17.8 Å². The molecule has 7 heteroatoms. The summed E-state index contributed by atoms with van der Waals surface area (Å²) < 4.78 is 0.988. The molecule has 0 fully saturated rings. The molecule has 0 unspecified atom stereocenters. The van der Waals surface area contributed by atoms with Crippen LogP contribution < -0.4 is 15.4 Å². The molecule has 27 heavy (non-hydrogen) atoms. The summed E-state index contributed by atoms with van der Waals surface area (Å²) in [7, 11) is 0. The molecule has 0 aliphatic rings. The number of primary amides is 1. The lowest BCUT2D eigenvalue weighted by molar-refractivity contribution is 0.0964. The number of benzene rings is 2. The van der Waals surface area contributed by atoms with E-state index >= 15 is 0 Å². The van der Waals surface area contributed by atoms with Crippen LogP contribution in [0.3, 0.4) is 0 Å². The maximum atomic E-state index is 12.3. The molecular formula is C20H23N3O3S. The van der Waals surface area contributed by atoms with Gasteiger partial charge in [0.1, 0.15) is 0 Å². The number of aryl methyl sites for hydroxylation is 1. The molecule has 0 aliphatic heterocycles. The van der Waals surface area contributed by atoms with E-state index in [1.165, 1.54) is 30.7 Å². The molecule has 142 valence electrons. The molecule has 4 amide bonds. The van der Waals surface area contributed by atoms with Crippen molar-refractivity contribution in [2.24, 2.45) is 5.73 Å². The van der Waals surface area contributed by atoms with Gasteiger partial charge in [0.2, 0.25) is 5.91 Å². The van der Waals surface area contributed by atoms with Crippen LogP contribution in [0.2, 0.25) is 0 Å². The van der Waals surface area contributed by atoms with Crippen molar-refractivity contribution in [3.8, 4) is 0 Å². The first-order valence-corrected chi connectivity index (χ1v) is 9.15. The van der Waals surface area contributed by atoms with Gasteiger partial charge in [0.15, 0.2) is 0 Å². The summed E-state index contributed by atoms with van der Waals surface area (Å²) in [6.45, 7) is 2.15. The van der Waals surface area contributed by atoms with Gasteiger partial charge >= 0.3 is 6.03 Å². The Morgan fingerprint density at radius 3 is 2.11 bits per heavy atom. The van der Waals surface area contributed by atoms with Crippen LogP contribution in [0.15, 0.2) is 48.5 Å². The molecule has 0 bridgehead atoms. The second-order valence-electron chi connectivity index (χ2n) is 6.14. The summed E-state index contributed by atoms with van der Waals surface area (Å²) in [5.74, 6) is -1.07. The van der Waals surface area contributed by atoms with Gasteiger partial charge in [0.05, 0.1) is 5.69 Å². The lowest BCUT2D eigenvalue weighted by Gasteiger charge is -2.16. The molecule has 6 nitrogen and oxygen atoms in total. The van der Waals surface area contributed by atoms with Crippen LogP contribution in [0.4, 0.5) is 10.5 Å². The summed E-state index contributed by atoms with van der Waals surface area (Å²) in [6, 6.07) is 12.5. The first-order chi connectivity index (χ1) is 12.9. The number of carbonyl (C=O) groups is 3. The van der Waals surface area contributed by atoms with Crippen LogP contribution in [0.5, 0.6) is 0 Å². The number of urea groups is 1. The van der Waals surface area contributed by atoms with E-state index in [2.05, 4.69) is 25.1 Å². The Labute approximate surface area is 164 Å². The molecule has 0 spiro atoms. The standard InChI is InChI=1S/C20H23N3O3S/c1-2-3-4-5-14-6-8-16(9-7-14)19(25)22-20(26)23(27)17-12-10-15(11-13-17)18(21)24/h6-13,27H,2-5H2,1H3,(H2,21,24)(H,22,25,26). The normalized spacial score (nSPS) is 10.3. The Morgan fingerprint density at radius 2 is 1.56 bits per heavy atom. The summed E-state index contributed by atoms with van der Waals surface area (Å²) in [6.07, 6.45) is 4.42. The predicted molar refractivity (Wildman–Crippen MR) is 109 cm³/mol. The quantitative estimate of drug-likeness (QED) is 0.501. The number of carbonyl (C=O) groups excluding carboxylic acids is 3. The number of imide groups is 1. The summed E-state index contributed by atoms with van der Waals surface area (Å²) in [4.78, 5) is 35.5. The van der Waals surface area contributed by atoms with Crippen molar-refractivity contribution >= 4 is 36.3 Å². The van der Waals surface area contributed by atoms with Crippen molar-refractivity contribution in [2.45, 2.75) is 32.6 Å². The number of nitrogens with two attached hydrogens (primary N) is 1. The monoisotopic (exact) mass is 385 g/mol. The van der Waals surface area contributed by atoms with Gasteiger partial charge < -0.3 is 5.73 Å². The van der Waals surface area contributed by atoms with Gasteiger partial charge in [0, 0.05) is 11.1 Å². The van der Waals surface area contributed by atoms with Crippen molar-refractivity contribution in [3.63, 3.8) is 0 Å². The van der Waals surface area contributed by atoms with Crippen molar-refractivity contribution in [1.82, 2.24) is 5.32 Å². The number of amides is 4. The number of nitrogens with one attached hydrogen (secondary N) is 1. The summed E-state index contributed by atoms with van der Waals surface area (Å²) in [5.41, 5.74) is 7.46. The predicted octanol–water partition coefficient (Wildman–Crippen LogP) is 3.72. The Kier molecular flexibility index (Phi) is 7.43. The molecule has 0 saturated carbocycles. The molecular weight excluding hydrogens is 362 g/mol. The Morgan fingerprint density at radius 1 is 0.963 bits per heavy atom. The van der Waals surface area contributed by atoms with Crippen LogP contribution in [-0.2, 0) is 6.42 Å². The average Bonchev–Trinajstić information content (AvgIpc) is 2.68. The van der Waals surface area contributed by atoms with E-state index < -0.39 is 17.8 Å². The minimum atomic E-state index is -0.692. The number of thiol groups is 1. The average molecular weight is 385 g/mol. The lowest BCUT2D eigenvalue weighted by atomic mass is 10.1. The first kappa shape index (κ1) is 20.5. The fourth-order valence-electron chi connectivity index (χ4n) is 2.51. The number of unbranched alkanes of at least 4 members (excludes halogenated alkanes) is 2. The lowest BCUT2D eigenvalue weighted by Crippen LogP contribution is -2.38. The van der Waals surface area contributed by atoms with E-state index in [4.69, 9.17) is 5.73 Å². The van der Waals surface area contributed by atoms with Crippen LogP contribution in [0.25, 0.3) is 0 Å². The van der Waals surface area contributed by atoms with Crippen molar-refractivity contribution in [2.75, 3.05) is 4.31 Å². The first-order valence-electron chi connectivity index (χ1n) is 8.75. The third-order valence-corrected chi connectivity index (χ3v) is 4.51. The molecule has 3 N–H and O–H groups in total. The molecule has 2 rings (SSSR count). The molecule has 0 saturated heterocycles. The second-order valence-corrected chi connectivity index (χ2v) is 6.54. The van der Waals surface area contributed by atoms with Crippen LogP contribution in [0, 0.1) is 0 Å². The molecule has 2 aromatic carbocycles. The topological polar surface area (TPSA) is 92.5 Å². The van der Waals surface area contributed by atoms with Crippen LogP contribution >= 0.6 is 12.8 Å². The molecule has 0 atom stereocenters. The smallest absolute Gasteiger partial charge is 0.338 e. The number of nitrogens with zero attached hydrogens (tertiary/aromatic N) is 1. The minimum Gasteiger partial charge on any atom is -0.366 e. The van der Waals surface area contributed by atoms with Crippen LogP contribution in [0.1, 0.15) is 52.5 Å². The molecule has 0 heterocycles. The van der Waals surface area contributed by atoms with E-state index in [1.807, 2.05) is 12.1 Å². The highest BCUT2D eigenvalue weighted by Crippen LogP contribution is 2.17. The van der Waals surface area contributed by atoms with E-state index in [0.29, 0.717) is 16.8 Å². The fourth-order valence-corrected chi connectivity index (χ4v) is 2.69. The highest BCUT2D eigenvalue weighted by Gasteiger charge is 2.16. The summed E-state index contributed by atoms with van der Waals surface area (Å²) >= 11 is 4.10. The van der Waals surface area contributed by atoms with E-state index in [1.54, 1.807) is 12.1 Å². The zero-order valence-electron chi connectivity index (χ0n) is 15.1. The van der Waals surface area contributed by atoms with Gasteiger partial charge in [0.25, 0.3) is 5.91 Å². The Balaban J connectivity index is 1.95. The third-order valence-electron chi connectivity index (χ3n) is 4.09. The minimum absolute atomic E-state index is 0.316. The number of hydrogen-bond acceptors (Lipinski definition) is 4. The number of anilines is 1. The van der Waals surface area contributed by atoms with Gasteiger partial charge in [-0.15, -0.1) is 0 Å². The van der Waals surface area contributed by atoms with E-state index in [-0.39, 0.29) is 0 Å². The summed E-state index contributed by atoms with van der Waals surface area (Å²) in [5, 5.41) is 2.28. The molecule has 2 aromatic rings. The third kappa shape index (κ3) is 5.86. The Hall–Kier alpha value is -2.80. The van der Waals surface area contributed by atoms with Gasteiger partial charge in [-0.3, -0.25) is 14.9 Å². The molecule has 0 aromatic heterocycles. The van der Waals surface area contributed by atoms with Gasteiger partial charge in [-0.05, 0) is 54.8 Å².